The molecule has 1 aliphatic rings. The van der Waals surface area contributed by atoms with Crippen LogP contribution in [-0.4, -0.2) is 40.1 Å². The van der Waals surface area contributed by atoms with Crippen LogP contribution in [0.3, 0.4) is 0 Å². The van der Waals surface area contributed by atoms with Crippen molar-refractivity contribution in [1.29, 1.82) is 0 Å². The molecule has 4 nitrogen and oxygen atoms in total. The van der Waals surface area contributed by atoms with Gasteiger partial charge >= 0.3 is 0 Å². The van der Waals surface area contributed by atoms with E-state index >= 15 is 0 Å². The lowest BCUT2D eigenvalue weighted by Crippen LogP contribution is -2.21. The molecule has 1 aliphatic heterocycles. The molecule has 1 aromatic rings. The van der Waals surface area contributed by atoms with E-state index in [0.717, 1.165) is 38.2 Å². The minimum atomic E-state index is -0.261. The van der Waals surface area contributed by atoms with E-state index in [0.29, 0.717) is 31.4 Å². The molecule has 0 amide bonds. The average Bonchev–Trinajstić information content (AvgIpc) is 2.50. The predicted octanol–water partition coefficient (Wildman–Crippen LogP) is 2.37. The minimum absolute atomic E-state index is 0.261. The third-order valence-corrected chi connectivity index (χ3v) is 3.57. The molecule has 0 unspecified atom stereocenters. The molecule has 1 fully saturated rings. The SMILES string of the molecule is COCCNCc1cc(F)cc(OCC2CCOCC2)c1. The van der Waals surface area contributed by atoms with Gasteiger partial charge in [-0.1, -0.05) is 0 Å². The summed E-state index contributed by atoms with van der Waals surface area (Å²) in [5.74, 6) is 0.846. The van der Waals surface area contributed by atoms with Gasteiger partial charge in [0.15, 0.2) is 0 Å². The summed E-state index contributed by atoms with van der Waals surface area (Å²) >= 11 is 0. The molecule has 0 aliphatic carbocycles. The molecular weight excluding hydrogens is 273 g/mol. The largest absolute Gasteiger partial charge is 0.493 e. The first-order valence-electron chi connectivity index (χ1n) is 7.47. The number of halogens is 1. The summed E-state index contributed by atoms with van der Waals surface area (Å²) in [6.45, 7) is 4.21. The first-order chi connectivity index (χ1) is 10.3. The van der Waals surface area contributed by atoms with Crippen LogP contribution >= 0.6 is 0 Å². The molecule has 1 saturated heterocycles. The number of rotatable bonds is 8. The molecule has 21 heavy (non-hydrogen) atoms. The van der Waals surface area contributed by atoms with Crippen LogP contribution in [-0.2, 0) is 16.0 Å². The van der Waals surface area contributed by atoms with Gasteiger partial charge in [-0.2, -0.15) is 0 Å². The maximum absolute atomic E-state index is 13.6. The van der Waals surface area contributed by atoms with E-state index in [-0.39, 0.29) is 5.82 Å². The topological polar surface area (TPSA) is 39.7 Å². The van der Waals surface area contributed by atoms with E-state index in [9.17, 15) is 4.39 Å². The molecule has 1 aromatic carbocycles. The Morgan fingerprint density at radius 2 is 2.10 bits per heavy atom. The zero-order valence-electron chi connectivity index (χ0n) is 12.6. The second-order valence-electron chi connectivity index (χ2n) is 5.33. The molecule has 0 bridgehead atoms. The molecule has 0 aromatic heterocycles. The maximum atomic E-state index is 13.6. The average molecular weight is 297 g/mol. The highest BCUT2D eigenvalue weighted by atomic mass is 19.1. The van der Waals surface area contributed by atoms with Crippen LogP contribution < -0.4 is 10.1 Å². The van der Waals surface area contributed by atoms with E-state index in [1.807, 2.05) is 6.07 Å². The van der Waals surface area contributed by atoms with Crippen LogP contribution in [0.2, 0.25) is 0 Å². The Morgan fingerprint density at radius 3 is 2.86 bits per heavy atom. The third-order valence-electron chi connectivity index (χ3n) is 3.57. The Kier molecular flexibility index (Phi) is 6.92. The first-order valence-corrected chi connectivity index (χ1v) is 7.47. The lowest BCUT2D eigenvalue weighted by Gasteiger charge is -2.22. The molecule has 0 spiro atoms. The van der Waals surface area contributed by atoms with Crippen molar-refractivity contribution in [2.45, 2.75) is 19.4 Å². The maximum Gasteiger partial charge on any atom is 0.127 e. The van der Waals surface area contributed by atoms with Crippen molar-refractivity contribution in [1.82, 2.24) is 5.32 Å². The van der Waals surface area contributed by atoms with Crippen LogP contribution in [0.15, 0.2) is 18.2 Å². The summed E-state index contributed by atoms with van der Waals surface area (Å²) < 4.78 is 29.6. The Labute approximate surface area is 125 Å². The minimum Gasteiger partial charge on any atom is -0.493 e. The fourth-order valence-corrected chi connectivity index (χ4v) is 2.34. The highest BCUT2D eigenvalue weighted by molar-refractivity contribution is 5.29. The summed E-state index contributed by atoms with van der Waals surface area (Å²) in [7, 11) is 1.66. The van der Waals surface area contributed by atoms with Gasteiger partial charge in [0.05, 0.1) is 13.2 Å². The first kappa shape index (κ1) is 16.2. The van der Waals surface area contributed by atoms with E-state index in [4.69, 9.17) is 14.2 Å². The van der Waals surface area contributed by atoms with E-state index in [1.54, 1.807) is 7.11 Å². The van der Waals surface area contributed by atoms with Gasteiger partial charge in [-0.15, -0.1) is 0 Å². The predicted molar refractivity (Wildman–Crippen MR) is 79.0 cm³/mol. The number of benzene rings is 1. The van der Waals surface area contributed by atoms with Gasteiger partial charge in [0.2, 0.25) is 0 Å². The zero-order valence-corrected chi connectivity index (χ0v) is 12.6. The Bertz CT molecular complexity index is 422. The molecule has 2 rings (SSSR count). The van der Waals surface area contributed by atoms with Crippen LogP contribution in [0.25, 0.3) is 0 Å². The smallest absolute Gasteiger partial charge is 0.127 e. The number of nitrogens with one attached hydrogen (secondary N) is 1. The van der Waals surface area contributed by atoms with Gasteiger partial charge in [-0.3, -0.25) is 0 Å². The second kappa shape index (κ2) is 8.97. The summed E-state index contributed by atoms with van der Waals surface area (Å²) in [5, 5.41) is 3.20. The lowest BCUT2D eigenvalue weighted by atomic mass is 10.0. The number of hydrogen-bond donors (Lipinski definition) is 1. The molecular formula is C16H24FNO3. The molecule has 0 radical (unpaired) electrons. The highest BCUT2D eigenvalue weighted by Crippen LogP contribution is 2.20. The van der Waals surface area contributed by atoms with Crippen molar-refractivity contribution < 1.29 is 18.6 Å². The normalized spacial score (nSPS) is 16.1. The van der Waals surface area contributed by atoms with E-state index in [2.05, 4.69) is 5.32 Å². The summed E-state index contributed by atoms with van der Waals surface area (Å²) in [6, 6.07) is 4.86. The van der Waals surface area contributed by atoms with E-state index in [1.165, 1.54) is 12.1 Å². The number of methoxy groups -OCH3 is 1. The van der Waals surface area contributed by atoms with Gasteiger partial charge in [0, 0.05) is 39.5 Å². The molecule has 1 heterocycles. The van der Waals surface area contributed by atoms with Crippen LogP contribution in [0, 0.1) is 11.7 Å². The monoisotopic (exact) mass is 297 g/mol. The van der Waals surface area contributed by atoms with Gasteiger partial charge in [0.1, 0.15) is 11.6 Å². The lowest BCUT2D eigenvalue weighted by molar-refractivity contribution is 0.0497. The van der Waals surface area contributed by atoms with Crippen molar-refractivity contribution in [2.75, 3.05) is 40.1 Å². The fourth-order valence-electron chi connectivity index (χ4n) is 2.34. The summed E-state index contributed by atoms with van der Waals surface area (Å²) in [5.41, 5.74) is 0.882. The van der Waals surface area contributed by atoms with Crippen LogP contribution in [0.1, 0.15) is 18.4 Å². The molecule has 5 heteroatoms. The second-order valence-corrected chi connectivity index (χ2v) is 5.33. The zero-order chi connectivity index (χ0) is 14.9. The van der Waals surface area contributed by atoms with Gasteiger partial charge in [-0.25, -0.2) is 4.39 Å². The number of ether oxygens (including phenoxy) is 3. The van der Waals surface area contributed by atoms with Crippen LogP contribution in [0.5, 0.6) is 5.75 Å². The van der Waals surface area contributed by atoms with Crippen molar-refractivity contribution in [3.63, 3.8) is 0 Å². The molecule has 1 N–H and O–H groups in total. The Balaban J connectivity index is 1.82. The van der Waals surface area contributed by atoms with Gasteiger partial charge in [0.25, 0.3) is 0 Å². The number of hydrogen-bond acceptors (Lipinski definition) is 4. The third kappa shape index (κ3) is 5.99. The van der Waals surface area contributed by atoms with Crippen molar-refractivity contribution in [2.24, 2.45) is 5.92 Å². The quantitative estimate of drug-likeness (QED) is 0.748. The molecule has 0 atom stereocenters. The fraction of sp³-hybridized carbons (Fsp3) is 0.625. The highest BCUT2D eigenvalue weighted by Gasteiger charge is 2.14. The van der Waals surface area contributed by atoms with Crippen molar-refractivity contribution >= 4 is 0 Å². The summed E-state index contributed by atoms with van der Waals surface area (Å²) in [4.78, 5) is 0. The van der Waals surface area contributed by atoms with Gasteiger partial charge < -0.3 is 19.5 Å². The van der Waals surface area contributed by atoms with Gasteiger partial charge in [-0.05, 0) is 36.5 Å². The van der Waals surface area contributed by atoms with Crippen molar-refractivity contribution in [3.05, 3.63) is 29.6 Å². The Morgan fingerprint density at radius 1 is 1.29 bits per heavy atom. The van der Waals surface area contributed by atoms with Crippen LogP contribution in [0.4, 0.5) is 4.39 Å². The van der Waals surface area contributed by atoms with Crippen molar-refractivity contribution in [3.8, 4) is 5.75 Å². The van der Waals surface area contributed by atoms with E-state index < -0.39 is 0 Å². The Hall–Kier alpha value is -1.17. The summed E-state index contributed by atoms with van der Waals surface area (Å²) in [6.07, 6.45) is 2.03. The molecule has 118 valence electrons. The molecule has 0 saturated carbocycles. The standard InChI is InChI=1S/C16H24FNO3/c1-19-7-4-18-11-14-8-15(17)10-16(9-14)21-12-13-2-5-20-6-3-13/h8-10,13,18H,2-7,11-12H2,1H3.